The lowest BCUT2D eigenvalue weighted by Crippen LogP contribution is -2.37. The Hall–Kier alpha value is -0.610. The monoisotopic (exact) mass is 228 g/mol. The molecule has 0 aliphatic heterocycles. The second-order valence-corrected chi connectivity index (χ2v) is 4.67. The Kier molecular flexibility index (Phi) is 6.42. The van der Waals surface area contributed by atoms with E-state index in [1.165, 1.54) is 6.42 Å². The molecule has 0 heterocycles. The highest BCUT2D eigenvalue weighted by atomic mass is 16.3. The summed E-state index contributed by atoms with van der Waals surface area (Å²) < 4.78 is 0. The minimum atomic E-state index is -0.130. The van der Waals surface area contributed by atoms with Gasteiger partial charge in [-0.3, -0.25) is 4.79 Å². The molecule has 4 heteroatoms. The Morgan fingerprint density at radius 2 is 2.25 bits per heavy atom. The van der Waals surface area contributed by atoms with E-state index in [1.54, 1.807) is 0 Å². The van der Waals surface area contributed by atoms with Gasteiger partial charge in [-0.15, -0.1) is 0 Å². The zero-order valence-corrected chi connectivity index (χ0v) is 10.2. The van der Waals surface area contributed by atoms with E-state index in [9.17, 15) is 9.90 Å². The second-order valence-electron chi connectivity index (χ2n) is 4.67. The van der Waals surface area contributed by atoms with E-state index in [1.807, 2.05) is 6.92 Å². The summed E-state index contributed by atoms with van der Waals surface area (Å²) in [6.45, 7) is 4.03. The van der Waals surface area contributed by atoms with E-state index >= 15 is 0 Å². The molecule has 3 N–H and O–H groups in total. The van der Waals surface area contributed by atoms with E-state index in [-0.39, 0.29) is 12.0 Å². The second kappa shape index (κ2) is 7.63. The summed E-state index contributed by atoms with van der Waals surface area (Å²) in [7, 11) is 0. The minimum absolute atomic E-state index is 0.0678. The molecule has 1 aliphatic carbocycles. The topological polar surface area (TPSA) is 61.4 Å². The SMILES string of the molecule is CCCNC(=O)CNCC1CCCC(O)C1. The van der Waals surface area contributed by atoms with Crippen molar-refractivity contribution in [1.29, 1.82) is 0 Å². The molecule has 0 aromatic heterocycles. The van der Waals surface area contributed by atoms with Crippen LogP contribution in [0, 0.1) is 5.92 Å². The highest BCUT2D eigenvalue weighted by molar-refractivity contribution is 5.77. The fourth-order valence-electron chi connectivity index (χ4n) is 2.16. The first-order valence-corrected chi connectivity index (χ1v) is 6.37. The molecule has 2 atom stereocenters. The van der Waals surface area contributed by atoms with Crippen molar-refractivity contribution >= 4 is 5.91 Å². The quantitative estimate of drug-likeness (QED) is 0.625. The number of nitrogens with one attached hydrogen (secondary N) is 2. The van der Waals surface area contributed by atoms with Crippen LogP contribution in [0.5, 0.6) is 0 Å². The van der Waals surface area contributed by atoms with Gasteiger partial charge in [0.25, 0.3) is 0 Å². The highest BCUT2D eigenvalue weighted by Crippen LogP contribution is 2.23. The number of aliphatic hydroxyl groups excluding tert-OH is 1. The van der Waals surface area contributed by atoms with Crippen LogP contribution in [0.4, 0.5) is 0 Å². The molecular formula is C12H24N2O2. The van der Waals surface area contributed by atoms with Gasteiger partial charge in [-0.2, -0.15) is 0 Å². The van der Waals surface area contributed by atoms with Crippen molar-refractivity contribution in [2.24, 2.45) is 5.92 Å². The zero-order valence-electron chi connectivity index (χ0n) is 10.2. The fourth-order valence-corrected chi connectivity index (χ4v) is 2.16. The van der Waals surface area contributed by atoms with Crippen LogP contribution in [-0.4, -0.2) is 36.8 Å². The van der Waals surface area contributed by atoms with Gasteiger partial charge >= 0.3 is 0 Å². The average Bonchev–Trinajstić information content (AvgIpc) is 2.26. The molecule has 16 heavy (non-hydrogen) atoms. The van der Waals surface area contributed by atoms with Crippen LogP contribution in [0.25, 0.3) is 0 Å². The van der Waals surface area contributed by atoms with Crippen LogP contribution in [0.3, 0.4) is 0 Å². The standard InChI is InChI=1S/C12H24N2O2/c1-2-6-14-12(16)9-13-8-10-4-3-5-11(15)7-10/h10-11,13,15H,2-9H2,1H3,(H,14,16). The third-order valence-corrected chi connectivity index (χ3v) is 3.05. The van der Waals surface area contributed by atoms with Crippen molar-refractivity contribution in [2.45, 2.75) is 45.1 Å². The number of carbonyl (C=O) groups excluding carboxylic acids is 1. The van der Waals surface area contributed by atoms with Crippen LogP contribution < -0.4 is 10.6 Å². The predicted molar refractivity (Wildman–Crippen MR) is 64.1 cm³/mol. The molecule has 0 saturated heterocycles. The van der Waals surface area contributed by atoms with Crippen molar-refractivity contribution in [3.05, 3.63) is 0 Å². The van der Waals surface area contributed by atoms with Crippen molar-refractivity contribution in [3.8, 4) is 0 Å². The fraction of sp³-hybridized carbons (Fsp3) is 0.917. The predicted octanol–water partition coefficient (Wildman–Crippen LogP) is 0.653. The molecule has 1 fully saturated rings. The molecule has 4 nitrogen and oxygen atoms in total. The van der Waals surface area contributed by atoms with Crippen molar-refractivity contribution in [1.82, 2.24) is 10.6 Å². The Bertz CT molecular complexity index is 209. The lowest BCUT2D eigenvalue weighted by molar-refractivity contribution is -0.120. The van der Waals surface area contributed by atoms with Gasteiger partial charge in [0.1, 0.15) is 0 Å². The number of hydrogen-bond acceptors (Lipinski definition) is 3. The Morgan fingerprint density at radius 3 is 2.94 bits per heavy atom. The van der Waals surface area contributed by atoms with E-state index in [4.69, 9.17) is 0 Å². The van der Waals surface area contributed by atoms with Crippen molar-refractivity contribution in [2.75, 3.05) is 19.6 Å². The first-order valence-electron chi connectivity index (χ1n) is 6.37. The summed E-state index contributed by atoms with van der Waals surface area (Å²) >= 11 is 0. The van der Waals surface area contributed by atoms with Gasteiger partial charge in [-0.1, -0.05) is 13.3 Å². The van der Waals surface area contributed by atoms with Crippen LogP contribution in [-0.2, 0) is 4.79 Å². The molecule has 0 aromatic carbocycles. The van der Waals surface area contributed by atoms with E-state index in [0.29, 0.717) is 12.5 Å². The van der Waals surface area contributed by atoms with Gasteiger partial charge in [0, 0.05) is 6.54 Å². The van der Waals surface area contributed by atoms with Gasteiger partial charge in [0.2, 0.25) is 5.91 Å². The molecule has 1 saturated carbocycles. The van der Waals surface area contributed by atoms with Gasteiger partial charge in [-0.25, -0.2) is 0 Å². The Balaban J connectivity index is 2.03. The zero-order chi connectivity index (χ0) is 11.8. The van der Waals surface area contributed by atoms with E-state index in [2.05, 4.69) is 10.6 Å². The molecule has 1 amide bonds. The van der Waals surface area contributed by atoms with Gasteiger partial charge in [0.05, 0.1) is 12.6 Å². The third-order valence-electron chi connectivity index (χ3n) is 3.05. The summed E-state index contributed by atoms with van der Waals surface area (Å²) in [4.78, 5) is 11.3. The van der Waals surface area contributed by atoms with E-state index < -0.39 is 0 Å². The molecule has 0 bridgehead atoms. The smallest absolute Gasteiger partial charge is 0.233 e. The highest BCUT2D eigenvalue weighted by Gasteiger charge is 2.19. The molecule has 0 radical (unpaired) electrons. The largest absolute Gasteiger partial charge is 0.393 e. The van der Waals surface area contributed by atoms with Crippen LogP contribution in [0.1, 0.15) is 39.0 Å². The van der Waals surface area contributed by atoms with Gasteiger partial charge < -0.3 is 15.7 Å². The molecular weight excluding hydrogens is 204 g/mol. The Labute approximate surface area is 97.8 Å². The first-order chi connectivity index (χ1) is 7.72. The molecule has 0 spiro atoms. The summed E-state index contributed by atoms with van der Waals surface area (Å²) in [5.74, 6) is 0.598. The maximum atomic E-state index is 11.3. The van der Waals surface area contributed by atoms with Crippen LogP contribution >= 0.6 is 0 Å². The summed E-state index contributed by atoms with van der Waals surface area (Å²) in [5.41, 5.74) is 0. The van der Waals surface area contributed by atoms with E-state index in [0.717, 1.165) is 38.8 Å². The number of aliphatic hydroxyl groups is 1. The third kappa shape index (κ3) is 5.47. The Morgan fingerprint density at radius 1 is 1.44 bits per heavy atom. The summed E-state index contributed by atoms with van der Waals surface area (Å²) in [5, 5.41) is 15.5. The maximum absolute atomic E-state index is 11.3. The lowest BCUT2D eigenvalue weighted by Gasteiger charge is -2.25. The summed E-state index contributed by atoms with van der Waals surface area (Å²) in [6.07, 6.45) is 4.93. The molecule has 1 aliphatic rings. The molecule has 1 rings (SSSR count). The number of hydrogen-bond donors (Lipinski definition) is 3. The molecule has 94 valence electrons. The normalized spacial score (nSPS) is 25.4. The van der Waals surface area contributed by atoms with Gasteiger partial charge in [-0.05, 0) is 38.1 Å². The van der Waals surface area contributed by atoms with Gasteiger partial charge in [0.15, 0.2) is 0 Å². The minimum Gasteiger partial charge on any atom is -0.393 e. The molecule has 2 unspecified atom stereocenters. The lowest BCUT2D eigenvalue weighted by atomic mass is 9.87. The number of carbonyl (C=O) groups is 1. The summed E-state index contributed by atoms with van der Waals surface area (Å²) in [6, 6.07) is 0. The van der Waals surface area contributed by atoms with Crippen LogP contribution in [0.2, 0.25) is 0 Å². The number of amides is 1. The number of rotatable bonds is 6. The first kappa shape index (κ1) is 13.5. The van der Waals surface area contributed by atoms with Crippen molar-refractivity contribution < 1.29 is 9.90 Å². The van der Waals surface area contributed by atoms with Crippen molar-refractivity contribution in [3.63, 3.8) is 0 Å². The van der Waals surface area contributed by atoms with Crippen LogP contribution in [0.15, 0.2) is 0 Å². The average molecular weight is 228 g/mol. The maximum Gasteiger partial charge on any atom is 0.233 e. The molecule has 0 aromatic rings.